The highest BCUT2D eigenvalue weighted by atomic mass is 35.5. The first-order chi connectivity index (χ1) is 11.2. The Bertz CT molecular complexity index is 575. The van der Waals surface area contributed by atoms with Crippen molar-refractivity contribution in [2.75, 3.05) is 57.8 Å². The van der Waals surface area contributed by atoms with Gasteiger partial charge in [-0.05, 0) is 37.9 Å². The highest BCUT2D eigenvalue weighted by Gasteiger charge is 2.26. The van der Waals surface area contributed by atoms with Crippen molar-refractivity contribution in [3.05, 3.63) is 28.8 Å². The molecular weight excluding hydrogens is 308 g/mol. The number of likely N-dealkylation sites (N-methyl/N-ethyl adjacent to an activating group) is 1. The minimum absolute atomic E-state index is 0.662. The predicted octanol–water partition coefficient (Wildman–Crippen LogP) is 2.68. The van der Waals surface area contributed by atoms with Crippen LogP contribution in [0.1, 0.15) is 18.4 Å². The number of piperidine rings is 1. The first-order valence-electron chi connectivity index (χ1n) is 8.52. The van der Waals surface area contributed by atoms with Crippen molar-refractivity contribution in [2.45, 2.75) is 12.8 Å². The van der Waals surface area contributed by atoms with Crippen LogP contribution >= 0.6 is 11.6 Å². The number of para-hydroxylation sites is 1. The Balaban J connectivity index is 1.66. The normalized spacial score (nSPS) is 23.7. The van der Waals surface area contributed by atoms with Crippen LogP contribution in [0.25, 0.3) is 0 Å². The molecule has 23 heavy (non-hydrogen) atoms. The first kappa shape index (κ1) is 16.6. The number of hydrogen-bond acceptors (Lipinski definition) is 4. The van der Waals surface area contributed by atoms with Gasteiger partial charge in [0.15, 0.2) is 0 Å². The van der Waals surface area contributed by atoms with Gasteiger partial charge in [-0.15, -0.1) is 0 Å². The molecule has 2 aliphatic rings. The molecule has 0 aromatic heterocycles. The van der Waals surface area contributed by atoms with Crippen LogP contribution in [0.4, 0.5) is 5.69 Å². The Kier molecular flexibility index (Phi) is 5.42. The molecule has 0 N–H and O–H groups in total. The van der Waals surface area contributed by atoms with Crippen LogP contribution in [0.15, 0.2) is 18.2 Å². The van der Waals surface area contributed by atoms with E-state index >= 15 is 0 Å². The molecule has 2 heterocycles. The zero-order chi connectivity index (χ0) is 16.2. The standard InChI is InChI=1S/C18H25ClN4/c1-21-8-10-22(11-9-21)13-15-4-3-7-23(14-15)18-16(12-20)5-2-6-17(18)19/h2,5-6,15H,3-4,7-11,13-14H2,1H3. The number of rotatable bonds is 3. The van der Waals surface area contributed by atoms with Crippen molar-refractivity contribution in [1.29, 1.82) is 5.26 Å². The van der Waals surface area contributed by atoms with Gasteiger partial charge in [-0.25, -0.2) is 0 Å². The van der Waals surface area contributed by atoms with E-state index in [4.69, 9.17) is 11.6 Å². The molecule has 0 bridgehead atoms. The van der Waals surface area contributed by atoms with E-state index in [1.807, 2.05) is 18.2 Å². The van der Waals surface area contributed by atoms with Crippen molar-refractivity contribution < 1.29 is 0 Å². The van der Waals surface area contributed by atoms with E-state index in [9.17, 15) is 5.26 Å². The molecule has 1 unspecified atom stereocenters. The predicted molar refractivity (Wildman–Crippen MR) is 95.0 cm³/mol. The molecule has 0 spiro atoms. The summed E-state index contributed by atoms with van der Waals surface area (Å²) in [6, 6.07) is 7.91. The molecule has 1 atom stereocenters. The third kappa shape index (κ3) is 3.98. The second-order valence-corrected chi connectivity index (χ2v) is 7.21. The number of nitriles is 1. The van der Waals surface area contributed by atoms with Gasteiger partial charge < -0.3 is 14.7 Å². The highest BCUT2D eigenvalue weighted by molar-refractivity contribution is 6.33. The van der Waals surface area contributed by atoms with Gasteiger partial charge in [-0.2, -0.15) is 5.26 Å². The van der Waals surface area contributed by atoms with Crippen molar-refractivity contribution in [2.24, 2.45) is 5.92 Å². The third-order valence-electron chi connectivity index (χ3n) is 5.05. The maximum Gasteiger partial charge on any atom is 0.101 e. The van der Waals surface area contributed by atoms with Crippen LogP contribution in [-0.2, 0) is 0 Å². The van der Waals surface area contributed by atoms with Gasteiger partial charge in [0, 0.05) is 45.8 Å². The second kappa shape index (κ2) is 7.53. The van der Waals surface area contributed by atoms with E-state index in [2.05, 4.69) is 27.8 Å². The molecule has 124 valence electrons. The smallest absolute Gasteiger partial charge is 0.101 e. The molecule has 0 radical (unpaired) electrons. The van der Waals surface area contributed by atoms with Crippen LogP contribution in [0.2, 0.25) is 5.02 Å². The summed E-state index contributed by atoms with van der Waals surface area (Å²) in [6.07, 6.45) is 2.45. The number of nitrogens with zero attached hydrogens (tertiary/aromatic N) is 4. The lowest BCUT2D eigenvalue weighted by Gasteiger charge is -2.39. The minimum atomic E-state index is 0.662. The fraction of sp³-hybridized carbons (Fsp3) is 0.611. The molecule has 2 fully saturated rings. The van der Waals surface area contributed by atoms with E-state index in [0.717, 1.165) is 25.3 Å². The molecule has 1 aromatic carbocycles. The summed E-state index contributed by atoms with van der Waals surface area (Å²) in [5.74, 6) is 0.662. The third-order valence-corrected chi connectivity index (χ3v) is 5.36. The summed E-state index contributed by atoms with van der Waals surface area (Å²) in [5.41, 5.74) is 1.62. The quantitative estimate of drug-likeness (QED) is 0.852. The minimum Gasteiger partial charge on any atom is -0.369 e. The van der Waals surface area contributed by atoms with Gasteiger partial charge in [0.05, 0.1) is 16.3 Å². The lowest BCUT2D eigenvalue weighted by molar-refractivity contribution is 0.131. The molecule has 2 aliphatic heterocycles. The lowest BCUT2D eigenvalue weighted by Crippen LogP contribution is -2.48. The average molecular weight is 333 g/mol. The zero-order valence-corrected chi connectivity index (χ0v) is 14.6. The summed E-state index contributed by atoms with van der Waals surface area (Å²) in [5, 5.41) is 10.1. The number of halogens is 1. The Morgan fingerprint density at radius 3 is 2.74 bits per heavy atom. The monoisotopic (exact) mass is 332 g/mol. The van der Waals surface area contributed by atoms with Crippen molar-refractivity contribution in [3.63, 3.8) is 0 Å². The van der Waals surface area contributed by atoms with Crippen molar-refractivity contribution in [1.82, 2.24) is 9.80 Å². The fourth-order valence-corrected chi connectivity index (χ4v) is 4.03. The summed E-state index contributed by atoms with van der Waals surface area (Å²) >= 11 is 6.39. The largest absolute Gasteiger partial charge is 0.369 e. The Morgan fingerprint density at radius 2 is 2.00 bits per heavy atom. The Labute approximate surface area is 144 Å². The van der Waals surface area contributed by atoms with Gasteiger partial charge in [-0.3, -0.25) is 0 Å². The van der Waals surface area contributed by atoms with Crippen molar-refractivity contribution >= 4 is 17.3 Å². The lowest BCUT2D eigenvalue weighted by atomic mass is 9.96. The zero-order valence-electron chi connectivity index (χ0n) is 13.8. The number of anilines is 1. The maximum atomic E-state index is 9.38. The second-order valence-electron chi connectivity index (χ2n) is 6.81. The van der Waals surface area contributed by atoms with Gasteiger partial charge in [0.1, 0.15) is 6.07 Å². The van der Waals surface area contributed by atoms with E-state index < -0.39 is 0 Å². The van der Waals surface area contributed by atoms with Crippen LogP contribution in [0, 0.1) is 17.2 Å². The van der Waals surface area contributed by atoms with Crippen LogP contribution in [-0.4, -0.2) is 62.7 Å². The molecular formula is C18H25ClN4. The van der Waals surface area contributed by atoms with Gasteiger partial charge in [0.25, 0.3) is 0 Å². The topological polar surface area (TPSA) is 33.5 Å². The molecule has 0 aliphatic carbocycles. The Hall–Kier alpha value is -1.28. The maximum absolute atomic E-state index is 9.38. The molecule has 0 saturated carbocycles. The molecule has 3 rings (SSSR count). The molecule has 5 heteroatoms. The summed E-state index contributed by atoms with van der Waals surface area (Å²) in [6.45, 7) is 7.84. The molecule has 1 aromatic rings. The molecule has 4 nitrogen and oxygen atoms in total. The number of piperazine rings is 1. The van der Waals surface area contributed by atoms with E-state index in [1.54, 1.807) is 0 Å². The Morgan fingerprint density at radius 1 is 1.22 bits per heavy atom. The summed E-state index contributed by atoms with van der Waals surface area (Å²) in [7, 11) is 2.19. The van der Waals surface area contributed by atoms with Gasteiger partial charge in [0.2, 0.25) is 0 Å². The highest BCUT2D eigenvalue weighted by Crippen LogP contribution is 2.33. The van der Waals surface area contributed by atoms with Crippen molar-refractivity contribution in [3.8, 4) is 6.07 Å². The fourth-order valence-electron chi connectivity index (χ4n) is 3.74. The summed E-state index contributed by atoms with van der Waals surface area (Å²) < 4.78 is 0. The number of benzene rings is 1. The van der Waals surface area contributed by atoms with E-state index in [0.29, 0.717) is 16.5 Å². The SMILES string of the molecule is CN1CCN(CC2CCCN(c3c(Cl)cccc3C#N)C2)CC1. The first-order valence-corrected chi connectivity index (χ1v) is 8.89. The van der Waals surface area contributed by atoms with Gasteiger partial charge >= 0.3 is 0 Å². The molecule has 2 saturated heterocycles. The van der Waals surface area contributed by atoms with E-state index in [-0.39, 0.29) is 0 Å². The molecule has 0 amide bonds. The average Bonchev–Trinajstić information content (AvgIpc) is 2.57. The van der Waals surface area contributed by atoms with Gasteiger partial charge in [-0.1, -0.05) is 17.7 Å². The summed E-state index contributed by atoms with van der Waals surface area (Å²) in [4.78, 5) is 7.31. The number of hydrogen-bond donors (Lipinski definition) is 0. The van der Waals surface area contributed by atoms with Crippen LogP contribution < -0.4 is 4.90 Å². The van der Waals surface area contributed by atoms with E-state index in [1.165, 1.54) is 39.0 Å². The van der Waals surface area contributed by atoms with Crippen LogP contribution in [0.3, 0.4) is 0 Å². The van der Waals surface area contributed by atoms with Crippen LogP contribution in [0.5, 0.6) is 0 Å².